The number of fused-ring (bicyclic) bond motifs is 1. The Morgan fingerprint density at radius 3 is 2.04 bits per heavy atom. The Bertz CT molecular complexity index is 794. The fraction of sp³-hybridized carbons (Fsp3) is 0.429. The number of hydrogen-bond acceptors (Lipinski definition) is 5. The quantitative estimate of drug-likeness (QED) is 0.739. The second-order valence-corrected chi connectivity index (χ2v) is 7.66. The van der Waals surface area contributed by atoms with Crippen LogP contribution in [0.4, 0.5) is 0 Å². The molecule has 0 fully saturated rings. The number of hydrogen-bond donors (Lipinski definition) is 0. The van der Waals surface area contributed by atoms with E-state index in [9.17, 15) is 9.59 Å². The van der Waals surface area contributed by atoms with Crippen molar-refractivity contribution in [2.24, 2.45) is 11.8 Å². The predicted molar refractivity (Wildman–Crippen MR) is 102 cm³/mol. The molecule has 3 rings (SSSR count). The molecule has 1 aromatic carbocycles. The van der Waals surface area contributed by atoms with Crippen molar-refractivity contribution < 1.29 is 19.1 Å². The van der Waals surface area contributed by atoms with E-state index < -0.39 is 11.8 Å². The Balaban J connectivity index is 2.02. The van der Waals surface area contributed by atoms with Gasteiger partial charge in [0.1, 0.15) is 0 Å². The molecule has 138 valence electrons. The lowest BCUT2D eigenvalue weighted by atomic mass is 9.75. The maximum absolute atomic E-state index is 12.6. The highest BCUT2D eigenvalue weighted by Gasteiger charge is 2.42. The number of aryl methyl sites for hydroxylation is 1. The van der Waals surface area contributed by atoms with Crippen LogP contribution in [0.5, 0.6) is 0 Å². The monoisotopic (exact) mass is 372 g/mol. The summed E-state index contributed by atoms with van der Waals surface area (Å²) in [6.45, 7) is 6.29. The number of ether oxygens (including phenoxy) is 2. The van der Waals surface area contributed by atoms with Crippen molar-refractivity contribution in [2.45, 2.75) is 33.6 Å². The summed E-state index contributed by atoms with van der Waals surface area (Å²) in [6, 6.07) is 10.2. The van der Waals surface area contributed by atoms with Crippen LogP contribution in [0.3, 0.4) is 0 Å². The summed E-state index contributed by atoms with van der Waals surface area (Å²) in [4.78, 5) is 27.4. The minimum atomic E-state index is -0.488. The summed E-state index contributed by atoms with van der Waals surface area (Å²) < 4.78 is 10.5. The average molecular weight is 372 g/mol. The van der Waals surface area contributed by atoms with Gasteiger partial charge in [-0.25, -0.2) is 0 Å². The van der Waals surface area contributed by atoms with Gasteiger partial charge in [0.25, 0.3) is 0 Å². The predicted octanol–water partition coefficient (Wildman–Crippen LogP) is 4.18. The molecule has 2 atom stereocenters. The van der Waals surface area contributed by atoms with Crippen molar-refractivity contribution in [1.82, 2.24) is 0 Å². The summed E-state index contributed by atoms with van der Waals surface area (Å²) in [5.41, 5.74) is 3.52. The first kappa shape index (κ1) is 18.6. The van der Waals surface area contributed by atoms with Crippen molar-refractivity contribution in [3.63, 3.8) is 0 Å². The molecule has 1 aliphatic carbocycles. The fourth-order valence-corrected chi connectivity index (χ4v) is 4.87. The molecule has 1 aromatic heterocycles. The lowest BCUT2D eigenvalue weighted by Crippen LogP contribution is -2.38. The van der Waals surface area contributed by atoms with Crippen molar-refractivity contribution in [3.05, 3.63) is 46.3 Å². The van der Waals surface area contributed by atoms with Crippen molar-refractivity contribution in [2.75, 3.05) is 13.2 Å². The molecule has 0 amide bonds. The molecule has 0 saturated heterocycles. The molecule has 0 spiro atoms. The van der Waals surface area contributed by atoms with Crippen LogP contribution in [0, 0.1) is 18.8 Å². The van der Waals surface area contributed by atoms with E-state index in [0.29, 0.717) is 26.1 Å². The third kappa shape index (κ3) is 3.54. The first-order chi connectivity index (χ1) is 12.6. The molecular formula is C21H24O4S. The van der Waals surface area contributed by atoms with Gasteiger partial charge in [0, 0.05) is 9.75 Å². The van der Waals surface area contributed by atoms with E-state index in [-0.39, 0.29) is 11.9 Å². The largest absolute Gasteiger partial charge is 0.466 e. The minimum Gasteiger partial charge on any atom is -0.466 e. The number of thiophene rings is 1. The van der Waals surface area contributed by atoms with Crippen LogP contribution in [0.2, 0.25) is 0 Å². The minimum absolute atomic E-state index is 0.303. The molecule has 0 aliphatic heterocycles. The van der Waals surface area contributed by atoms with Gasteiger partial charge in [0.2, 0.25) is 0 Å². The lowest BCUT2D eigenvalue weighted by molar-refractivity contribution is -0.160. The van der Waals surface area contributed by atoms with Gasteiger partial charge in [-0.1, -0.05) is 30.3 Å². The molecule has 26 heavy (non-hydrogen) atoms. The van der Waals surface area contributed by atoms with Crippen LogP contribution in [0.15, 0.2) is 30.3 Å². The molecule has 4 nitrogen and oxygen atoms in total. The Labute approximate surface area is 158 Å². The molecule has 0 saturated carbocycles. The fourth-order valence-electron chi connectivity index (χ4n) is 3.65. The van der Waals surface area contributed by atoms with Crippen LogP contribution >= 0.6 is 11.3 Å². The zero-order valence-electron chi connectivity index (χ0n) is 15.4. The third-order valence-corrected chi connectivity index (χ3v) is 6.11. The maximum atomic E-state index is 12.6. The topological polar surface area (TPSA) is 52.6 Å². The van der Waals surface area contributed by atoms with Gasteiger partial charge < -0.3 is 9.47 Å². The van der Waals surface area contributed by atoms with Gasteiger partial charge in [0.15, 0.2) is 0 Å². The van der Waals surface area contributed by atoms with Gasteiger partial charge in [-0.05, 0) is 50.3 Å². The normalized spacial score (nSPS) is 18.9. The molecule has 1 aliphatic rings. The van der Waals surface area contributed by atoms with E-state index >= 15 is 0 Å². The summed E-state index contributed by atoms with van der Waals surface area (Å²) in [5, 5.41) is 0. The van der Waals surface area contributed by atoms with E-state index in [1.165, 1.54) is 20.9 Å². The Kier molecular flexibility index (Phi) is 5.77. The van der Waals surface area contributed by atoms with Crippen molar-refractivity contribution in [1.29, 1.82) is 0 Å². The first-order valence-corrected chi connectivity index (χ1v) is 9.88. The van der Waals surface area contributed by atoms with E-state index in [0.717, 1.165) is 5.56 Å². The van der Waals surface area contributed by atoms with Crippen LogP contribution in [0.1, 0.15) is 29.9 Å². The van der Waals surface area contributed by atoms with Gasteiger partial charge in [-0.3, -0.25) is 9.59 Å². The highest BCUT2D eigenvalue weighted by atomic mass is 32.1. The van der Waals surface area contributed by atoms with Crippen molar-refractivity contribution in [3.8, 4) is 10.4 Å². The Morgan fingerprint density at radius 2 is 1.50 bits per heavy atom. The van der Waals surface area contributed by atoms with Gasteiger partial charge in [-0.15, -0.1) is 11.3 Å². The summed E-state index contributed by atoms with van der Waals surface area (Å²) in [6.07, 6.45) is 1.05. The molecule has 0 radical (unpaired) electrons. The SMILES string of the molecule is CCOC(=O)[C@@H]1Cc2c(C)sc(-c3ccccc3)c2C[C@H]1C(=O)OCC. The summed E-state index contributed by atoms with van der Waals surface area (Å²) >= 11 is 1.73. The molecule has 0 bridgehead atoms. The number of esters is 2. The van der Waals surface area contributed by atoms with Crippen LogP contribution < -0.4 is 0 Å². The molecule has 5 heteroatoms. The van der Waals surface area contributed by atoms with E-state index in [1.807, 2.05) is 18.2 Å². The lowest BCUT2D eigenvalue weighted by Gasteiger charge is -2.29. The number of carbonyl (C=O) groups excluding carboxylic acids is 2. The van der Waals surface area contributed by atoms with Gasteiger partial charge in [0.05, 0.1) is 25.0 Å². The van der Waals surface area contributed by atoms with Crippen molar-refractivity contribution >= 4 is 23.3 Å². The zero-order valence-corrected chi connectivity index (χ0v) is 16.2. The highest BCUT2D eigenvalue weighted by molar-refractivity contribution is 7.15. The molecule has 1 heterocycles. The second kappa shape index (κ2) is 8.04. The zero-order chi connectivity index (χ0) is 18.7. The van der Waals surface area contributed by atoms with Crippen LogP contribution in [0.25, 0.3) is 10.4 Å². The Morgan fingerprint density at radius 1 is 0.962 bits per heavy atom. The third-order valence-electron chi connectivity index (χ3n) is 4.87. The molecular weight excluding hydrogens is 348 g/mol. The smallest absolute Gasteiger partial charge is 0.310 e. The van der Waals surface area contributed by atoms with Crippen LogP contribution in [-0.4, -0.2) is 25.2 Å². The Hall–Kier alpha value is -2.14. The number of rotatable bonds is 5. The van der Waals surface area contributed by atoms with E-state index in [2.05, 4.69) is 19.1 Å². The molecule has 2 aromatic rings. The van der Waals surface area contributed by atoms with E-state index in [4.69, 9.17) is 9.47 Å². The average Bonchev–Trinajstić information content (AvgIpc) is 2.98. The molecule has 0 unspecified atom stereocenters. The standard InChI is InChI=1S/C21H24O4S/c1-4-24-20(22)17-11-15-13(3)26-19(14-9-7-6-8-10-14)16(15)12-18(17)21(23)25-5-2/h6-10,17-18H,4-5,11-12H2,1-3H3/t17-,18-/m1/s1. The number of benzene rings is 1. The molecule has 0 N–H and O–H groups in total. The van der Waals surface area contributed by atoms with E-state index in [1.54, 1.807) is 25.2 Å². The second-order valence-electron chi connectivity index (χ2n) is 6.44. The number of carbonyl (C=O) groups is 2. The first-order valence-electron chi connectivity index (χ1n) is 9.06. The van der Waals surface area contributed by atoms with Gasteiger partial charge in [-0.2, -0.15) is 0 Å². The summed E-state index contributed by atoms with van der Waals surface area (Å²) in [7, 11) is 0. The summed E-state index contributed by atoms with van der Waals surface area (Å²) in [5.74, 6) is -1.57. The van der Waals surface area contributed by atoms with Gasteiger partial charge >= 0.3 is 11.9 Å². The van der Waals surface area contributed by atoms with Crippen LogP contribution in [-0.2, 0) is 31.9 Å². The maximum Gasteiger partial charge on any atom is 0.310 e. The highest BCUT2D eigenvalue weighted by Crippen LogP contribution is 2.44.